The maximum absolute atomic E-state index is 11.8. The smallest absolute Gasteiger partial charge is 0.265 e. The third-order valence-electron chi connectivity index (χ3n) is 2.26. The minimum Gasteiger partial charge on any atom is -0.349 e. The van der Waals surface area contributed by atoms with Gasteiger partial charge in [0.1, 0.15) is 4.88 Å². The van der Waals surface area contributed by atoms with Crippen LogP contribution in [0.5, 0.6) is 0 Å². The molecular formula is C10H17N3OS. The summed E-state index contributed by atoms with van der Waals surface area (Å²) in [7, 11) is 0. The number of aromatic nitrogens is 2. The van der Waals surface area contributed by atoms with Gasteiger partial charge >= 0.3 is 0 Å². The SMILES string of the molecule is CCC(C)NC(=O)c1snnc1C(C)C. The quantitative estimate of drug-likeness (QED) is 0.857. The first kappa shape index (κ1) is 12.1. The highest BCUT2D eigenvalue weighted by Crippen LogP contribution is 2.19. The Morgan fingerprint density at radius 1 is 1.47 bits per heavy atom. The Labute approximate surface area is 94.3 Å². The fraction of sp³-hybridized carbons (Fsp3) is 0.700. The van der Waals surface area contributed by atoms with E-state index in [1.54, 1.807) is 0 Å². The molecule has 1 heterocycles. The second-order valence-corrected chi connectivity index (χ2v) is 4.68. The van der Waals surface area contributed by atoms with E-state index in [4.69, 9.17) is 0 Å². The number of amides is 1. The molecule has 84 valence electrons. The fourth-order valence-corrected chi connectivity index (χ4v) is 1.85. The van der Waals surface area contributed by atoms with Crippen molar-refractivity contribution in [3.8, 4) is 0 Å². The number of rotatable bonds is 4. The largest absolute Gasteiger partial charge is 0.349 e. The van der Waals surface area contributed by atoms with Gasteiger partial charge in [0, 0.05) is 6.04 Å². The molecule has 1 amide bonds. The number of hydrogen-bond donors (Lipinski definition) is 1. The standard InChI is InChI=1S/C10H17N3OS/c1-5-7(4)11-10(14)9-8(6(2)3)12-13-15-9/h6-7H,5H2,1-4H3,(H,11,14). The highest BCUT2D eigenvalue weighted by molar-refractivity contribution is 7.08. The molecule has 0 aromatic carbocycles. The van der Waals surface area contributed by atoms with Crippen LogP contribution >= 0.6 is 11.5 Å². The van der Waals surface area contributed by atoms with Gasteiger partial charge < -0.3 is 5.32 Å². The van der Waals surface area contributed by atoms with Crippen LogP contribution in [0, 0.1) is 0 Å². The zero-order valence-electron chi connectivity index (χ0n) is 9.57. The van der Waals surface area contributed by atoms with Gasteiger partial charge in [-0.05, 0) is 30.8 Å². The molecule has 0 fully saturated rings. The third-order valence-corrected chi connectivity index (χ3v) is 3.00. The average molecular weight is 227 g/mol. The van der Waals surface area contributed by atoms with Gasteiger partial charge in [-0.2, -0.15) is 0 Å². The Bertz CT molecular complexity index is 335. The van der Waals surface area contributed by atoms with E-state index in [0.29, 0.717) is 4.88 Å². The molecule has 1 unspecified atom stereocenters. The highest BCUT2D eigenvalue weighted by Gasteiger charge is 2.19. The second-order valence-electron chi connectivity index (χ2n) is 3.92. The summed E-state index contributed by atoms with van der Waals surface area (Å²) in [5, 5.41) is 6.90. The Morgan fingerprint density at radius 2 is 2.13 bits per heavy atom. The van der Waals surface area contributed by atoms with E-state index >= 15 is 0 Å². The maximum Gasteiger partial charge on any atom is 0.265 e. The number of carbonyl (C=O) groups is 1. The Morgan fingerprint density at radius 3 is 2.67 bits per heavy atom. The fourth-order valence-electron chi connectivity index (χ4n) is 1.12. The molecular weight excluding hydrogens is 210 g/mol. The molecule has 4 nitrogen and oxygen atoms in total. The van der Waals surface area contributed by atoms with E-state index < -0.39 is 0 Å². The summed E-state index contributed by atoms with van der Waals surface area (Å²) < 4.78 is 3.83. The highest BCUT2D eigenvalue weighted by atomic mass is 32.1. The molecule has 5 heteroatoms. The van der Waals surface area contributed by atoms with E-state index in [1.165, 1.54) is 11.5 Å². The van der Waals surface area contributed by atoms with E-state index in [9.17, 15) is 4.79 Å². The van der Waals surface area contributed by atoms with Gasteiger partial charge in [0.25, 0.3) is 5.91 Å². The first-order valence-electron chi connectivity index (χ1n) is 5.19. The second kappa shape index (κ2) is 5.21. The van der Waals surface area contributed by atoms with Gasteiger partial charge in [-0.15, -0.1) is 5.10 Å². The molecule has 1 N–H and O–H groups in total. The molecule has 0 saturated carbocycles. The predicted molar refractivity (Wildman–Crippen MR) is 61.2 cm³/mol. The number of carbonyl (C=O) groups excluding carboxylic acids is 1. The molecule has 0 aliphatic rings. The Balaban J connectivity index is 2.77. The molecule has 1 rings (SSSR count). The lowest BCUT2D eigenvalue weighted by atomic mass is 10.1. The molecule has 1 aromatic rings. The van der Waals surface area contributed by atoms with Gasteiger partial charge in [0.2, 0.25) is 0 Å². The van der Waals surface area contributed by atoms with Crippen LogP contribution in [0.1, 0.15) is 55.4 Å². The van der Waals surface area contributed by atoms with E-state index in [2.05, 4.69) is 14.9 Å². The van der Waals surface area contributed by atoms with Crippen molar-refractivity contribution in [3.05, 3.63) is 10.6 Å². The minimum absolute atomic E-state index is 0.0527. The van der Waals surface area contributed by atoms with Crippen molar-refractivity contribution < 1.29 is 4.79 Å². The van der Waals surface area contributed by atoms with Gasteiger partial charge in [-0.25, -0.2) is 0 Å². The van der Waals surface area contributed by atoms with Crippen molar-refractivity contribution in [2.24, 2.45) is 0 Å². The van der Waals surface area contributed by atoms with Crippen molar-refractivity contribution in [2.75, 3.05) is 0 Å². The summed E-state index contributed by atoms with van der Waals surface area (Å²) in [6.07, 6.45) is 0.926. The molecule has 0 aliphatic heterocycles. The topological polar surface area (TPSA) is 54.9 Å². The molecule has 0 saturated heterocycles. The van der Waals surface area contributed by atoms with Gasteiger partial charge in [-0.3, -0.25) is 4.79 Å². The lowest BCUT2D eigenvalue weighted by Gasteiger charge is -2.11. The van der Waals surface area contributed by atoms with Gasteiger partial charge in [-0.1, -0.05) is 25.3 Å². The van der Waals surface area contributed by atoms with Crippen LogP contribution in [0.15, 0.2) is 0 Å². The maximum atomic E-state index is 11.8. The summed E-state index contributed by atoms with van der Waals surface area (Å²) in [6.45, 7) is 8.05. The lowest BCUT2D eigenvalue weighted by Crippen LogP contribution is -2.32. The molecule has 0 bridgehead atoms. The van der Waals surface area contributed by atoms with Gasteiger partial charge in [0.15, 0.2) is 0 Å². The van der Waals surface area contributed by atoms with Crippen molar-refractivity contribution in [1.82, 2.24) is 14.9 Å². The van der Waals surface area contributed by atoms with Gasteiger partial charge in [0.05, 0.1) is 5.69 Å². The zero-order chi connectivity index (χ0) is 11.4. The summed E-state index contributed by atoms with van der Waals surface area (Å²) >= 11 is 1.17. The number of hydrogen-bond acceptors (Lipinski definition) is 4. The van der Waals surface area contributed by atoms with Crippen molar-refractivity contribution >= 4 is 17.4 Å². The first-order valence-corrected chi connectivity index (χ1v) is 5.96. The number of nitrogens with zero attached hydrogens (tertiary/aromatic N) is 2. The van der Waals surface area contributed by atoms with Crippen LogP contribution in [-0.2, 0) is 0 Å². The van der Waals surface area contributed by atoms with Crippen LogP contribution in [0.2, 0.25) is 0 Å². The third kappa shape index (κ3) is 2.99. The summed E-state index contributed by atoms with van der Waals surface area (Å²) in [4.78, 5) is 12.5. The van der Waals surface area contributed by atoms with Crippen LogP contribution in [-0.4, -0.2) is 21.5 Å². The predicted octanol–water partition coefficient (Wildman–Crippen LogP) is 2.19. The zero-order valence-corrected chi connectivity index (χ0v) is 10.4. The summed E-state index contributed by atoms with van der Waals surface area (Å²) in [5.74, 6) is 0.185. The molecule has 15 heavy (non-hydrogen) atoms. The van der Waals surface area contributed by atoms with E-state index in [0.717, 1.165) is 12.1 Å². The average Bonchev–Trinajstić information content (AvgIpc) is 2.65. The normalized spacial score (nSPS) is 12.9. The number of nitrogens with one attached hydrogen (secondary N) is 1. The lowest BCUT2D eigenvalue weighted by molar-refractivity contribution is 0.0942. The summed E-state index contributed by atoms with van der Waals surface area (Å²) in [5.41, 5.74) is 0.792. The summed E-state index contributed by atoms with van der Waals surface area (Å²) in [6, 6.07) is 0.194. The van der Waals surface area contributed by atoms with Crippen LogP contribution in [0.3, 0.4) is 0 Å². The Hall–Kier alpha value is -0.970. The van der Waals surface area contributed by atoms with Crippen molar-refractivity contribution in [1.29, 1.82) is 0 Å². The van der Waals surface area contributed by atoms with Crippen molar-refractivity contribution in [2.45, 2.75) is 46.1 Å². The van der Waals surface area contributed by atoms with Crippen LogP contribution in [0.4, 0.5) is 0 Å². The van der Waals surface area contributed by atoms with E-state index in [-0.39, 0.29) is 17.9 Å². The first-order chi connectivity index (χ1) is 7.06. The minimum atomic E-state index is -0.0527. The van der Waals surface area contributed by atoms with Crippen molar-refractivity contribution in [3.63, 3.8) is 0 Å². The Kier molecular flexibility index (Phi) is 4.20. The monoisotopic (exact) mass is 227 g/mol. The molecule has 1 atom stereocenters. The molecule has 0 spiro atoms. The van der Waals surface area contributed by atoms with Crippen LogP contribution in [0.25, 0.3) is 0 Å². The molecule has 1 aromatic heterocycles. The van der Waals surface area contributed by atoms with E-state index in [1.807, 2.05) is 27.7 Å². The molecule has 0 radical (unpaired) electrons. The van der Waals surface area contributed by atoms with Crippen LogP contribution < -0.4 is 5.32 Å². The molecule has 0 aliphatic carbocycles.